The molecular weight excluding hydrogens is 250 g/mol. The highest BCUT2D eigenvalue weighted by Gasteiger charge is 2.18. The van der Waals surface area contributed by atoms with Crippen molar-refractivity contribution in [2.24, 2.45) is 0 Å². The largest absolute Gasteiger partial charge is 0.478 e. The molecule has 7 nitrogen and oxygen atoms in total. The summed E-state index contributed by atoms with van der Waals surface area (Å²) in [5.41, 5.74) is -0.246. The summed E-state index contributed by atoms with van der Waals surface area (Å²) in [5.74, 6) is -1.07. The maximum Gasteiger partial charge on any atom is 0.414 e. The van der Waals surface area contributed by atoms with E-state index in [0.29, 0.717) is 12.1 Å². The molecule has 0 atom stereocenters. The SMILES string of the molecule is CCc1nc(NC(=O)OC(C)(C)C)ncc1C(=O)O. The van der Waals surface area contributed by atoms with Crippen molar-refractivity contribution in [2.75, 3.05) is 5.32 Å². The molecule has 0 radical (unpaired) electrons. The third kappa shape index (κ3) is 4.53. The third-order valence-electron chi connectivity index (χ3n) is 2.05. The molecule has 0 saturated carbocycles. The molecule has 19 heavy (non-hydrogen) atoms. The van der Waals surface area contributed by atoms with Gasteiger partial charge in [-0.2, -0.15) is 0 Å². The Morgan fingerprint density at radius 2 is 2.05 bits per heavy atom. The minimum absolute atomic E-state index is 0.0242. The molecule has 1 aromatic rings. The Kier molecular flexibility index (Phi) is 4.42. The van der Waals surface area contributed by atoms with Gasteiger partial charge in [0.15, 0.2) is 0 Å². The lowest BCUT2D eigenvalue weighted by Crippen LogP contribution is -2.28. The number of carboxylic acid groups (broad SMARTS) is 1. The summed E-state index contributed by atoms with van der Waals surface area (Å²) >= 11 is 0. The van der Waals surface area contributed by atoms with Crippen LogP contribution in [0.5, 0.6) is 0 Å². The van der Waals surface area contributed by atoms with Crippen molar-refractivity contribution < 1.29 is 19.4 Å². The highest BCUT2D eigenvalue weighted by Crippen LogP contribution is 2.11. The van der Waals surface area contributed by atoms with E-state index < -0.39 is 17.7 Å². The van der Waals surface area contributed by atoms with Crippen molar-refractivity contribution in [3.63, 3.8) is 0 Å². The van der Waals surface area contributed by atoms with Crippen LogP contribution in [0.25, 0.3) is 0 Å². The van der Waals surface area contributed by atoms with Crippen LogP contribution in [-0.2, 0) is 11.2 Å². The second kappa shape index (κ2) is 5.64. The molecule has 1 heterocycles. The number of carboxylic acids is 1. The lowest BCUT2D eigenvalue weighted by atomic mass is 10.2. The Balaban J connectivity index is 2.86. The predicted molar refractivity (Wildman–Crippen MR) is 68.2 cm³/mol. The van der Waals surface area contributed by atoms with Crippen LogP contribution in [0.2, 0.25) is 0 Å². The molecule has 1 amide bonds. The number of hydrogen-bond donors (Lipinski definition) is 2. The zero-order valence-electron chi connectivity index (χ0n) is 11.4. The summed E-state index contributed by atoms with van der Waals surface area (Å²) < 4.78 is 5.05. The zero-order chi connectivity index (χ0) is 14.6. The highest BCUT2D eigenvalue weighted by atomic mass is 16.6. The maximum atomic E-state index is 11.5. The third-order valence-corrected chi connectivity index (χ3v) is 2.05. The molecule has 1 aromatic heterocycles. The molecule has 0 aliphatic carbocycles. The second-order valence-corrected chi connectivity index (χ2v) is 4.84. The molecule has 0 aromatic carbocycles. The van der Waals surface area contributed by atoms with E-state index in [2.05, 4.69) is 15.3 Å². The Hall–Kier alpha value is -2.18. The fourth-order valence-corrected chi connectivity index (χ4v) is 1.32. The van der Waals surface area contributed by atoms with Crippen LogP contribution in [0.3, 0.4) is 0 Å². The molecule has 104 valence electrons. The molecule has 0 spiro atoms. The molecule has 2 N–H and O–H groups in total. The first kappa shape index (κ1) is 14.9. The molecule has 0 aliphatic heterocycles. The van der Waals surface area contributed by atoms with Crippen LogP contribution in [0.4, 0.5) is 10.7 Å². The molecule has 0 unspecified atom stereocenters. The first-order valence-corrected chi connectivity index (χ1v) is 5.82. The van der Waals surface area contributed by atoms with Gasteiger partial charge in [-0.15, -0.1) is 0 Å². The molecule has 0 aliphatic rings. The zero-order valence-corrected chi connectivity index (χ0v) is 11.4. The predicted octanol–water partition coefficient (Wildman–Crippen LogP) is 2.08. The fourth-order valence-electron chi connectivity index (χ4n) is 1.32. The number of hydrogen-bond acceptors (Lipinski definition) is 5. The van der Waals surface area contributed by atoms with E-state index in [4.69, 9.17) is 9.84 Å². The summed E-state index contributed by atoms with van der Waals surface area (Å²) in [7, 11) is 0. The summed E-state index contributed by atoms with van der Waals surface area (Å²) in [6.45, 7) is 6.97. The first-order valence-electron chi connectivity index (χ1n) is 5.82. The average Bonchev–Trinajstić information content (AvgIpc) is 2.25. The van der Waals surface area contributed by atoms with Gasteiger partial charge in [0.25, 0.3) is 0 Å². The Labute approximate surface area is 111 Å². The Morgan fingerprint density at radius 3 is 2.53 bits per heavy atom. The van der Waals surface area contributed by atoms with Crippen LogP contribution < -0.4 is 5.32 Å². The van der Waals surface area contributed by atoms with Crippen LogP contribution in [0, 0.1) is 0 Å². The first-order chi connectivity index (χ1) is 8.73. The number of rotatable bonds is 3. The number of carbonyl (C=O) groups is 2. The minimum atomic E-state index is -1.10. The number of carbonyl (C=O) groups excluding carboxylic acids is 1. The van der Waals surface area contributed by atoms with Gasteiger partial charge in [-0.25, -0.2) is 19.6 Å². The molecule has 0 bridgehead atoms. The monoisotopic (exact) mass is 267 g/mol. The number of aromatic nitrogens is 2. The van der Waals surface area contributed by atoms with Gasteiger partial charge in [-0.3, -0.25) is 5.32 Å². The van der Waals surface area contributed by atoms with Crippen molar-refractivity contribution in [1.29, 1.82) is 0 Å². The summed E-state index contributed by atoms with van der Waals surface area (Å²) in [6.07, 6.45) is 0.909. The standard InChI is InChI=1S/C12H17N3O4/c1-5-8-7(9(16)17)6-13-10(14-8)15-11(18)19-12(2,3)4/h6H,5H2,1-4H3,(H,16,17)(H,13,14,15,18). The van der Waals surface area contributed by atoms with Crippen molar-refractivity contribution >= 4 is 18.0 Å². The van der Waals surface area contributed by atoms with Gasteiger partial charge in [0, 0.05) is 6.20 Å². The number of aryl methyl sites for hydroxylation is 1. The topological polar surface area (TPSA) is 101 Å². The number of ether oxygens (including phenoxy) is 1. The van der Waals surface area contributed by atoms with Crippen molar-refractivity contribution in [1.82, 2.24) is 9.97 Å². The Morgan fingerprint density at radius 1 is 1.42 bits per heavy atom. The molecule has 0 fully saturated rings. The molecule has 7 heteroatoms. The van der Waals surface area contributed by atoms with E-state index in [1.54, 1.807) is 27.7 Å². The summed E-state index contributed by atoms with van der Waals surface area (Å²) in [5, 5.41) is 11.3. The second-order valence-electron chi connectivity index (χ2n) is 4.84. The summed E-state index contributed by atoms with van der Waals surface area (Å²) in [4.78, 5) is 30.2. The fraction of sp³-hybridized carbons (Fsp3) is 0.500. The molecule has 0 saturated heterocycles. The van der Waals surface area contributed by atoms with Crippen LogP contribution >= 0.6 is 0 Å². The van der Waals surface area contributed by atoms with Crippen molar-refractivity contribution in [2.45, 2.75) is 39.7 Å². The van der Waals surface area contributed by atoms with Crippen LogP contribution in [-0.4, -0.2) is 32.7 Å². The van der Waals surface area contributed by atoms with Gasteiger partial charge in [-0.05, 0) is 27.2 Å². The summed E-state index contributed by atoms with van der Waals surface area (Å²) in [6, 6.07) is 0. The van der Waals surface area contributed by atoms with Gasteiger partial charge in [-0.1, -0.05) is 6.92 Å². The van der Waals surface area contributed by atoms with Crippen molar-refractivity contribution in [3.8, 4) is 0 Å². The van der Waals surface area contributed by atoms with E-state index in [-0.39, 0.29) is 11.5 Å². The number of anilines is 1. The molecule has 1 rings (SSSR count). The van der Waals surface area contributed by atoms with Crippen LogP contribution in [0.15, 0.2) is 6.20 Å². The van der Waals surface area contributed by atoms with Gasteiger partial charge < -0.3 is 9.84 Å². The van der Waals surface area contributed by atoms with E-state index in [1.165, 1.54) is 6.20 Å². The lowest BCUT2D eigenvalue weighted by Gasteiger charge is -2.19. The van der Waals surface area contributed by atoms with Gasteiger partial charge in [0.05, 0.1) is 11.3 Å². The van der Waals surface area contributed by atoms with Crippen molar-refractivity contribution in [3.05, 3.63) is 17.5 Å². The van der Waals surface area contributed by atoms with E-state index in [1.807, 2.05) is 0 Å². The number of nitrogens with one attached hydrogen (secondary N) is 1. The van der Waals surface area contributed by atoms with E-state index in [9.17, 15) is 9.59 Å². The lowest BCUT2D eigenvalue weighted by molar-refractivity contribution is 0.0633. The van der Waals surface area contributed by atoms with Gasteiger partial charge in [0.1, 0.15) is 5.60 Å². The Bertz CT molecular complexity index is 494. The van der Waals surface area contributed by atoms with E-state index >= 15 is 0 Å². The normalized spacial score (nSPS) is 10.9. The van der Waals surface area contributed by atoms with Gasteiger partial charge >= 0.3 is 12.1 Å². The highest BCUT2D eigenvalue weighted by molar-refractivity contribution is 5.89. The van der Waals surface area contributed by atoms with Gasteiger partial charge in [0.2, 0.25) is 5.95 Å². The average molecular weight is 267 g/mol. The maximum absolute atomic E-state index is 11.5. The smallest absolute Gasteiger partial charge is 0.414 e. The van der Waals surface area contributed by atoms with Crippen LogP contribution in [0.1, 0.15) is 43.7 Å². The molecular formula is C12H17N3O4. The number of nitrogens with zero attached hydrogens (tertiary/aromatic N) is 2. The quantitative estimate of drug-likeness (QED) is 0.869. The number of aromatic carboxylic acids is 1. The number of amides is 1. The van der Waals surface area contributed by atoms with E-state index in [0.717, 1.165) is 0 Å². The minimum Gasteiger partial charge on any atom is -0.478 e.